The molecule has 1 heterocycles. The minimum atomic E-state index is 0.635. The van der Waals surface area contributed by atoms with Crippen LogP contribution in [0.1, 0.15) is 316 Å². The van der Waals surface area contributed by atoms with Crippen molar-refractivity contribution >= 4 is 0 Å². The highest BCUT2D eigenvalue weighted by molar-refractivity contribution is 4.97. The molecule has 1 atom stereocenters. The third-order valence-corrected chi connectivity index (χ3v) is 13.3. The minimum absolute atomic E-state index is 0.635. The van der Waals surface area contributed by atoms with Crippen LogP contribution in [0.25, 0.3) is 0 Å². The second-order valence-electron chi connectivity index (χ2n) is 18.9. The van der Waals surface area contributed by atoms with E-state index in [1.54, 1.807) is 0 Å². The van der Waals surface area contributed by atoms with Gasteiger partial charge < -0.3 is 9.80 Å². The molecule has 1 rings (SSSR count). The molecule has 0 bridgehead atoms. The average molecular weight is 785 g/mol. The van der Waals surface area contributed by atoms with Gasteiger partial charge in [0.15, 0.2) is 0 Å². The Bertz CT molecular complexity index is 747. The van der Waals surface area contributed by atoms with Gasteiger partial charge in [0, 0.05) is 25.5 Å². The average Bonchev–Trinajstić information content (AvgIpc) is 3.59. The van der Waals surface area contributed by atoms with Crippen molar-refractivity contribution in [3.8, 4) is 0 Å². The Morgan fingerprint density at radius 1 is 0.232 bits per heavy atom. The van der Waals surface area contributed by atoms with E-state index in [0.29, 0.717) is 6.17 Å². The van der Waals surface area contributed by atoms with Gasteiger partial charge in [0.2, 0.25) is 0 Å². The molecule has 0 spiro atoms. The van der Waals surface area contributed by atoms with Gasteiger partial charge in [0.25, 0.3) is 0 Å². The summed E-state index contributed by atoms with van der Waals surface area (Å²) in [6.07, 6.45) is 72.3. The minimum Gasteiger partial charge on any atom is -0.356 e. The molecule has 2 nitrogen and oxygen atoms in total. The first-order valence-electron chi connectivity index (χ1n) is 27.0. The van der Waals surface area contributed by atoms with Crippen molar-refractivity contribution in [1.82, 2.24) is 9.80 Å². The second-order valence-corrected chi connectivity index (χ2v) is 18.9. The molecule has 334 valence electrons. The molecule has 2 heteroatoms. The molecule has 0 radical (unpaired) electrons. The van der Waals surface area contributed by atoms with E-state index in [1.165, 1.54) is 308 Å². The van der Waals surface area contributed by atoms with Gasteiger partial charge in [-0.15, -0.1) is 0 Å². The van der Waals surface area contributed by atoms with Crippen LogP contribution in [0.3, 0.4) is 0 Å². The predicted octanol–water partition coefficient (Wildman–Crippen LogP) is 19.4. The lowest BCUT2D eigenvalue weighted by Gasteiger charge is -2.33. The molecule has 0 aromatic rings. The van der Waals surface area contributed by atoms with E-state index in [2.05, 4.69) is 43.0 Å². The van der Waals surface area contributed by atoms with Crippen LogP contribution in [0.15, 0.2) is 12.4 Å². The van der Waals surface area contributed by atoms with Crippen molar-refractivity contribution in [2.75, 3.05) is 13.1 Å². The zero-order valence-corrected chi connectivity index (χ0v) is 39.6. The highest BCUT2D eigenvalue weighted by Crippen LogP contribution is 2.24. The molecule has 1 aliphatic rings. The smallest absolute Gasteiger partial charge is 0.101 e. The van der Waals surface area contributed by atoms with Gasteiger partial charge in [0.05, 0.1) is 0 Å². The van der Waals surface area contributed by atoms with E-state index < -0.39 is 0 Å². The SMILES string of the molecule is CCCCCCCCCCCCCCCCCCCN1C=CN(CCCCCCCCCCCCCCC)C1CCCCCCCCCCCCCCCCC. The van der Waals surface area contributed by atoms with Crippen LogP contribution in [0.4, 0.5) is 0 Å². The normalized spacial score (nSPS) is 14.2. The van der Waals surface area contributed by atoms with Crippen molar-refractivity contribution in [2.45, 2.75) is 322 Å². The lowest BCUT2D eigenvalue weighted by molar-refractivity contribution is 0.135. The first-order valence-corrected chi connectivity index (χ1v) is 27.0. The van der Waals surface area contributed by atoms with Gasteiger partial charge in [-0.25, -0.2) is 0 Å². The molecule has 1 aliphatic heterocycles. The quantitative estimate of drug-likeness (QED) is 0.0567. The Hall–Kier alpha value is -0.660. The first kappa shape index (κ1) is 53.4. The van der Waals surface area contributed by atoms with E-state index in [0.717, 1.165) is 0 Å². The van der Waals surface area contributed by atoms with E-state index in [9.17, 15) is 0 Å². The fourth-order valence-electron chi connectivity index (χ4n) is 9.37. The summed E-state index contributed by atoms with van der Waals surface area (Å²) in [5, 5.41) is 0. The molecular formula is C54H108N2. The Morgan fingerprint density at radius 3 is 0.625 bits per heavy atom. The number of unbranched alkanes of at least 4 members (excludes halogenated alkanes) is 42. The van der Waals surface area contributed by atoms with Gasteiger partial charge in [-0.2, -0.15) is 0 Å². The molecule has 0 N–H and O–H groups in total. The summed E-state index contributed by atoms with van der Waals surface area (Å²) in [7, 11) is 0. The van der Waals surface area contributed by atoms with Gasteiger partial charge in [-0.1, -0.05) is 290 Å². The lowest BCUT2D eigenvalue weighted by atomic mass is 10.0. The molecular weight excluding hydrogens is 677 g/mol. The van der Waals surface area contributed by atoms with E-state index >= 15 is 0 Å². The third-order valence-electron chi connectivity index (χ3n) is 13.3. The predicted molar refractivity (Wildman–Crippen MR) is 256 cm³/mol. The van der Waals surface area contributed by atoms with E-state index in [4.69, 9.17) is 0 Å². The van der Waals surface area contributed by atoms with Crippen molar-refractivity contribution < 1.29 is 0 Å². The lowest BCUT2D eigenvalue weighted by Crippen LogP contribution is -2.39. The van der Waals surface area contributed by atoms with Crippen LogP contribution < -0.4 is 0 Å². The number of hydrogen-bond donors (Lipinski definition) is 0. The monoisotopic (exact) mass is 785 g/mol. The maximum Gasteiger partial charge on any atom is 0.101 e. The molecule has 0 amide bonds. The van der Waals surface area contributed by atoms with Gasteiger partial charge >= 0.3 is 0 Å². The topological polar surface area (TPSA) is 6.48 Å². The highest BCUT2D eigenvalue weighted by Gasteiger charge is 2.25. The fourth-order valence-corrected chi connectivity index (χ4v) is 9.37. The molecule has 1 unspecified atom stereocenters. The highest BCUT2D eigenvalue weighted by atomic mass is 15.4. The molecule has 0 aromatic heterocycles. The van der Waals surface area contributed by atoms with E-state index in [1.807, 2.05) is 0 Å². The Labute approximate surface area is 356 Å². The van der Waals surface area contributed by atoms with Crippen LogP contribution >= 0.6 is 0 Å². The first-order chi connectivity index (χ1) is 27.8. The maximum absolute atomic E-state index is 2.75. The second kappa shape index (κ2) is 45.4. The van der Waals surface area contributed by atoms with Gasteiger partial charge in [-0.3, -0.25) is 0 Å². The molecule has 0 saturated carbocycles. The summed E-state index contributed by atoms with van der Waals surface area (Å²) >= 11 is 0. The van der Waals surface area contributed by atoms with Crippen LogP contribution in [-0.4, -0.2) is 29.1 Å². The fraction of sp³-hybridized carbons (Fsp3) is 0.963. The van der Waals surface area contributed by atoms with Crippen molar-refractivity contribution in [3.05, 3.63) is 12.4 Å². The summed E-state index contributed by atoms with van der Waals surface area (Å²) in [4.78, 5) is 5.49. The Morgan fingerprint density at radius 2 is 0.411 bits per heavy atom. The molecule has 0 fully saturated rings. The molecule has 0 aromatic carbocycles. The van der Waals surface area contributed by atoms with Gasteiger partial charge in [-0.05, 0) is 25.7 Å². The van der Waals surface area contributed by atoms with Crippen LogP contribution in [0.5, 0.6) is 0 Å². The van der Waals surface area contributed by atoms with Crippen LogP contribution in [0.2, 0.25) is 0 Å². The molecule has 56 heavy (non-hydrogen) atoms. The van der Waals surface area contributed by atoms with Gasteiger partial charge in [0.1, 0.15) is 6.17 Å². The van der Waals surface area contributed by atoms with Crippen molar-refractivity contribution in [3.63, 3.8) is 0 Å². The summed E-state index contributed by atoms with van der Waals surface area (Å²) in [6, 6.07) is 0. The summed E-state index contributed by atoms with van der Waals surface area (Å²) in [6.45, 7) is 9.50. The largest absolute Gasteiger partial charge is 0.356 e. The third kappa shape index (κ3) is 36.4. The number of nitrogens with zero attached hydrogens (tertiary/aromatic N) is 2. The summed E-state index contributed by atoms with van der Waals surface area (Å²) in [5.41, 5.74) is 0. The molecule has 0 aliphatic carbocycles. The van der Waals surface area contributed by atoms with Crippen LogP contribution in [0, 0.1) is 0 Å². The van der Waals surface area contributed by atoms with Crippen LogP contribution in [-0.2, 0) is 0 Å². The maximum atomic E-state index is 2.75. The molecule has 0 saturated heterocycles. The zero-order valence-electron chi connectivity index (χ0n) is 39.6. The number of hydrogen-bond acceptors (Lipinski definition) is 2. The summed E-state index contributed by atoms with van der Waals surface area (Å²) < 4.78 is 0. The zero-order chi connectivity index (χ0) is 40.1. The summed E-state index contributed by atoms with van der Waals surface area (Å²) in [5.74, 6) is 0. The Balaban J connectivity index is 2.19. The number of rotatable bonds is 48. The van der Waals surface area contributed by atoms with Crippen molar-refractivity contribution in [2.24, 2.45) is 0 Å². The van der Waals surface area contributed by atoms with Crippen molar-refractivity contribution in [1.29, 1.82) is 0 Å². The van der Waals surface area contributed by atoms with E-state index in [-0.39, 0.29) is 0 Å². The standard InChI is InChI=1S/C54H108N2/c1-4-7-10-13-16-19-22-25-27-28-30-33-36-39-42-45-48-51-56-53-52-55(50-47-44-41-38-35-32-24-21-18-15-12-9-6-3)54(56)49-46-43-40-37-34-31-29-26-23-20-17-14-11-8-5-2/h52-54H,4-51H2,1-3H3. The Kier molecular flexibility index (Phi) is 43.3.